The maximum atomic E-state index is 12.2. The predicted molar refractivity (Wildman–Crippen MR) is 225 cm³/mol. The summed E-state index contributed by atoms with van der Waals surface area (Å²) in [4.78, 5) is 17.1. The monoisotopic (exact) mass is 911 g/mol. The van der Waals surface area contributed by atoms with Crippen LogP contribution in [-0.2, 0) is 36.7 Å². The molecule has 1 radical (unpaired) electrons. The molecule has 1 N–H and O–H groups in total. The topological polar surface area (TPSA) is 50.2 Å². The van der Waals surface area contributed by atoms with Gasteiger partial charge in [-0.25, -0.2) is 0 Å². The standard InChI is InChI=1S/C31H28NS2.C15H28O2.Ir/c1-18(2)12-21-17-33-27-16-25-23-10-11-32-29(30(23)34-28(25)15-24(21)27)20-13-19-8-6-7-9-22(19)26(14-20)31(3,4)5;1-7-14(5,8-2)12(16)11-13(17)15(6,9-3)10-4;/h6-11,14-18H,12H2,1-5H3;11,16H,7-10H2,1-6H3;/q-1;;/b;12-11-;. The van der Waals surface area contributed by atoms with Crippen LogP contribution in [0.15, 0.2) is 71.9 Å². The van der Waals surface area contributed by atoms with Gasteiger partial charge in [-0.2, -0.15) is 0 Å². The Balaban J connectivity index is 0.000000289. The molecule has 3 heterocycles. The van der Waals surface area contributed by atoms with Gasteiger partial charge in [0.2, 0.25) is 0 Å². The van der Waals surface area contributed by atoms with E-state index in [9.17, 15) is 9.90 Å². The summed E-state index contributed by atoms with van der Waals surface area (Å²) < 4.78 is 3.98. The van der Waals surface area contributed by atoms with Crippen LogP contribution in [0.1, 0.15) is 113 Å². The minimum atomic E-state index is -0.337. The normalized spacial score (nSPS) is 12.8. The van der Waals surface area contributed by atoms with Crippen molar-refractivity contribution in [3.05, 3.63) is 89.1 Å². The van der Waals surface area contributed by atoms with Gasteiger partial charge in [-0.05, 0) is 83.4 Å². The molecular formula is C46H56IrNO2S2-. The van der Waals surface area contributed by atoms with Gasteiger partial charge >= 0.3 is 0 Å². The van der Waals surface area contributed by atoms with Crippen LogP contribution in [0.3, 0.4) is 0 Å². The van der Waals surface area contributed by atoms with E-state index in [4.69, 9.17) is 4.98 Å². The molecule has 52 heavy (non-hydrogen) atoms. The summed E-state index contributed by atoms with van der Waals surface area (Å²) in [6, 6.07) is 21.6. The SMILES string of the molecule is CC(C)Cc1csc2cc3c(cc12)sc1c(-c2[c-]c4ccccc4c(C(C)(C)C)c2)nccc13.CCC(C)(CC)C(=O)/C=C(\O)C(C)(CC)CC.[Ir]. The van der Waals surface area contributed by atoms with Gasteiger partial charge < -0.3 is 5.11 Å². The van der Waals surface area contributed by atoms with Gasteiger partial charge in [0.05, 0.1) is 0 Å². The average Bonchev–Trinajstić information content (AvgIpc) is 3.68. The molecule has 0 saturated heterocycles. The third kappa shape index (κ3) is 8.41. The first-order chi connectivity index (χ1) is 24.1. The molecule has 279 valence electrons. The van der Waals surface area contributed by atoms with Crippen molar-refractivity contribution in [2.75, 3.05) is 0 Å². The fourth-order valence-corrected chi connectivity index (χ4v) is 8.94. The molecule has 0 fully saturated rings. The Morgan fingerprint density at radius 1 is 0.846 bits per heavy atom. The van der Waals surface area contributed by atoms with E-state index in [1.54, 1.807) is 0 Å². The van der Waals surface area contributed by atoms with Crippen molar-refractivity contribution < 1.29 is 30.0 Å². The molecule has 6 heteroatoms. The number of pyridine rings is 1. The fraction of sp³-hybridized carbons (Fsp3) is 0.435. The average molecular weight is 911 g/mol. The van der Waals surface area contributed by atoms with Crippen LogP contribution >= 0.6 is 22.7 Å². The van der Waals surface area contributed by atoms with E-state index in [0.29, 0.717) is 5.92 Å². The maximum absolute atomic E-state index is 12.2. The van der Waals surface area contributed by atoms with Crippen LogP contribution in [0.4, 0.5) is 0 Å². The number of aliphatic hydroxyl groups excluding tert-OH is 1. The van der Waals surface area contributed by atoms with E-state index in [1.165, 1.54) is 52.8 Å². The summed E-state index contributed by atoms with van der Waals surface area (Å²) in [6.07, 6.45) is 7.85. The first-order valence-electron chi connectivity index (χ1n) is 18.7. The van der Waals surface area contributed by atoms with Crippen LogP contribution < -0.4 is 0 Å². The zero-order valence-corrected chi connectivity index (χ0v) is 36.9. The summed E-state index contributed by atoms with van der Waals surface area (Å²) >= 11 is 3.74. The molecule has 0 aliphatic rings. The molecule has 0 aliphatic heterocycles. The Labute approximate surface area is 333 Å². The minimum absolute atomic E-state index is 0. The molecular weight excluding hydrogens is 855 g/mol. The number of carbonyl (C=O) groups excluding carboxylic acids is 1. The van der Waals surface area contributed by atoms with Crippen LogP contribution in [0.5, 0.6) is 0 Å². The molecule has 6 rings (SSSR count). The van der Waals surface area contributed by atoms with Crippen molar-refractivity contribution in [2.45, 2.75) is 114 Å². The van der Waals surface area contributed by atoms with E-state index in [1.807, 2.05) is 70.4 Å². The first-order valence-corrected chi connectivity index (χ1v) is 20.4. The largest absolute Gasteiger partial charge is 0.512 e. The number of benzene rings is 3. The smallest absolute Gasteiger partial charge is 0.164 e. The number of rotatable bonds is 10. The van der Waals surface area contributed by atoms with Crippen LogP contribution in [-0.4, -0.2) is 15.9 Å². The van der Waals surface area contributed by atoms with E-state index in [0.717, 1.165) is 48.7 Å². The second kappa shape index (κ2) is 16.6. The summed E-state index contributed by atoms with van der Waals surface area (Å²) in [5, 5.41) is 19.0. The van der Waals surface area contributed by atoms with Crippen LogP contribution in [0, 0.1) is 22.8 Å². The number of aliphatic hydroxyl groups is 1. The number of thiophene rings is 2. The van der Waals surface area contributed by atoms with Gasteiger partial charge in [0, 0.05) is 68.4 Å². The number of carbonyl (C=O) groups is 1. The number of aromatic nitrogens is 1. The molecule has 0 saturated carbocycles. The van der Waals surface area contributed by atoms with Gasteiger partial charge in [0.25, 0.3) is 0 Å². The third-order valence-corrected chi connectivity index (χ3v) is 13.4. The zero-order valence-electron chi connectivity index (χ0n) is 32.9. The quantitative estimate of drug-likeness (QED) is 0.0846. The summed E-state index contributed by atoms with van der Waals surface area (Å²) in [5.41, 5.74) is 4.38. The van der Waals surface area contributed by atoms with E-state index < -0.39 is 0 Å². The molecule has 3 aromatic carbocycles. The molecule has 3 aromatic heterocycles. The van der Waals surface area contributed by atoms with Crippen LogP contribution in [0.2, 0.25) is 0 Å². The van der Waals surface area contributed by atoms with Crippen molar-refractivity contribution in [1.82, 2.24) is 4.98 Å². The number of hydrogen-bond donors (Lipinski definition) is 1. The predicted octanol–water partition coefficient (Wildman–Crippen LogP) is 14.4. The van der Waals surface area contributed by atoms with Crippen molar-refractivity contribution >= 4 is 69.5 Å². The molecule has 0 atom stereocenters. The number of ketones is 1. The maximum Gasteiger partial charge on any atom is 0.164 e. The summed E-state index contributed by atoms with van der Waals surface area (Å²) in [7, 11) is 0. The first kappa shape index (κ1) is 41.9. The zero-order chi connectivity index (χ0) is 37.3. The molecule has 0 bridgehead atoms. The number of nitrogens with zero attached hydrogens (tertiary/aromatic N) is 1. The van der Waals surface area contributed by atoms with Gasteiger partial charge in [-0.15, -0.1) is 51.8 Å². The molecule has 3 nitrogen and oxygen atoms in total. The van der Waals surface area contributed by atoms with Gasteiger partial charge in [0.15, 0.2) is 5.78 Å². The second-order valence-electron chi connectivity index (χ2n) is 16.2. The number of hydrogen-bond acceptors (Lipinski definition) is 5. The van der Waals surface area contributed by atoms with E-state index >= 15 is 0 Å². The van der Waals surface area contributed by atoms with Gasteiger partial charge in [0.1, 0.15) is 5.76 Å². The van der Waals surface area contributed by atoms with Crippen molar-refractivity contribution in [2.24, 2.45) is 16.7 Å². The summed E-state index contributed by atoms with van der Waals surface area (Å²) in [6.45, 7) is 23.5. The minimum Gasteiger partial charge on any atom is -0.512 e. The molecule has 6 aromatic rings. The Hall–Kier alpha value is -2.89. The Morgan fingerprint density at radius 3 is 2.10 bits per heavy atom. The Kier molecular flexibility index (Phi) is 13.4. The van der Waals surface area contributed by atoms with E-state index in [2.05, 4.69) is 94.6 Å². The number of fused-ring (bicyclic) bond motifs is 5. The molecule has 0 spiro atoms. The van der Waals surface area contributed by atoms with Gasteiger partial charge in [-0.1, -0.05) is 105 Å². The molecule has 0 unspecified atom stereocenters. The Morgan fingerprint density at radius 2 is 1.48 bits per heavy atom. The summed E-state index contributed by atoms with van der Waals surface area (Å²) in [5.74, 6) is 0.945. The fourth-order valence-electron chi connectivity index (χ4n) is 6.73. The Bertz CT molecular complexity index is 2210. The van der Waals surface area contributed by atoms with Crippen LogP contribution in [0.25, 0.3) is 52.3 Å². The second-order valence-corrected chi connectivity index (χ2v) is 18.1. The van der Waals surface area contributed by atoms with E-state index in [-0.39, 0.29) is 47.9 Å². The number of allylic oxidation sites excluding steroid dienone is 2. The van der Waals surface area contributed by atoms with Crippen molar-refractivity contribution in [1.29, 1.82) is 0 Å². The van der Waals surface area contributed by atoms with Crippen molar-refractivity contribution in [3.8, 4) is 11.3 Å². The molecule has 0 amide bonds. The van der Waals surface area contributed by atoms with Crippen molar-refractivity contribution in [3.63, 3.8) is 0 Å². The third-order valence-electron chi connectivity index (χ3n) is 11.2. The van der Waals surface area contributed by atoms with Gasteiger partial charge in [-0.3, -0.25) is 9.78 Å². The molecule has 0 aliphatic carbocycles.